The maximum atomic E-state index is 2.41. The molecule has 0 aliphatic heterocycles. The molecule has 0 heterocycles. The molecule has 0 bridgehead atoms. The van der Waals surface area contributed by atoms with Crippen molar-refractivity contribution >= 4 is 0 Å². The summed E-state index contributed by atoms with van der Waals surface area (Å²) in [6.07, 6.45) is 10.9. The number of unbranched alkanes of at least 4 members (excludes halogenated alkanes) is 1. The van der Waals surface area contributed by atoms with E-state index in [1.807, 2.05) is 0 Å². The Morgan fingerprint density at radius 1 is 1.21 bits per heavy atom. The van der Waals surface area contributed by atoms with Crippen LogP contribution in [0.25, 0.3) is 0 Å². The van der Waals surface area contributed by atoms with Crippen molar-refractivity contribution in [2.45, 2.75) is 46.0 Å². The van der Waals surface area contributed by atoms with Gasteiger partial charge < -0.3 is 4.90 Å². The SMILES string of the molecule is CCCCN(C)C1=CC=C(CC)CC1. The van der Waals surface area contributed by atoms with Crippen LogP contribution in [0.15, 0.2) is 23.4 Å². The summed E-state index contributed by atoms with van der Waals surface area (Å²) >= 11 is 0. The zero-order valence-corrected chi connectivity index (χ0v) is 9.84. The van der Waals surface area contributed by atoms with Gasteiger partial charge >= 0.3 is 0 Å². The van der Waals surface area contributed by atoms with E-state index in [-0.39, 0.29) is 0 Å². The van der Waals surface area contributed by atoms with Crippen molar-refractivity contribution in [2.24, 2.45) is 0 Å². The fraction of sp³-hybridized carbons (Fsp3) is 0.692. The van der Waals surface area contributed by atoms with Crippen LogP contribution >= 0.6 is 0 Å². The molecule has 0 fully saturated rings. The summed E-state index contributed by atoms with van der Waals surface area (Å²) in [5.74, 6) is 0. The lowest BCUT2D eigenvalue weighted by molar-refractivity contribution is 0.389. The van der Waals surface area contributed by atoms with E-state index >= 15 is 0 Å². The summed E-state index contributed by atoms with van der Waals surface area (Å²) in [7, 11) is 2.21. The van der Waals surface area contributed by atoms with Crippen molar-refractivity contribution in [3.05, 3.63) is 23.4 Å². The van der Waals surface area contributed by atoms with Gasteiger partial charge in [0.2, 0.25) is 0 Å². The zero-order valence-electron chi connectivity index (χ0n) is 9.84. The van der Waals surface area contributed by atoms with Gasteiger partial charge in [-0.2, -0.15) is 0 Å². The number of rotatable bonds is 5. The van der Waals surface area contributed by atoms with E-state index < -0.39 is 0 Å². The molecule has 80 valence electrons. The summed E-state index contributed by atoms with van der Waals surface area (Å²) in [4.78, 5) is 2.41. The molecular formula is C13H23N. The zero-order chi connectivity index (χ0) is 10.4. The first kappa shape index (κ1) is 11.4. The lowest BCUT2D eigenvalue weighted by Gasteiger charge is -2.25. The molecule has 0 unspecified atom stereocenters. The minimum absolute atomic E-state index is 1.21. The molecule has 1 aliphatic carbocycles. The summed E-state index contributed by atoms with van der Waals surface area (Å²) in [5, 5.41) is 0. The molecule has 1 heteroatoms. The van der Waals surface area contributed by atoms with Gasteiger partial charge in [-0.05, 0) is 31.8 Å². The van der Waals surface area contributed by atoms with Crippen LogP contribution in [0.3, 0.4) is 0 Å². The molecule has 0 saturated heterocycles. The summed E-state index contributed by atoms with van der Waals surface area (Å²) in [6.45, 7) is 5.70. The van der Waals surface area contributed by atoms with Crippen LogP contribution in [0.4, 0.5) is 0 Å². The number of allylic oxidation sites excluding steroid dienone is 4. The summed E-state index contributed by atoms with van der Waals surface area (Å²) in [5.41, 5.74) is 3.10. The molecule has 0 amide bonds. The van der Waals surface area contributed by atoms with E-state index in [4.69, 9.17) is 0 Å². The third-order valence-electron chi connectivity index (χ3n) is 3.01. The minimum Gasteiger partial charge on any atom is -0.378 e. The van der Waals surface area contributed by atoms with Crippen molar-refractivity contribution in [3.8, 4) is 0 Å². The fourth-order valence-corrected chi connectivity index (χ4v) is 1.82. The van der Waals surface area contributed by atoms with Gasteiger partial charge in [0.15, 0.2) is 0 Å². The lowest BCUT2D eigenvalue weighted by atomic mass is 10.00. The van der Waals surface area contributed by atoms with E-state index in [1.165, 1.54) is 44.3 Å². The second-order valence-electron chi connectivity index (χ2n) is 4.11. The van der Waals surface area contributed by atoms with Gasteiger partial charge in [-0.3, -0.25) is 0 Å². The molecule has 0 N–H and O–H groups in total. The maximum absolute atomic E-state index is 2.41. The van der Waals surface area contributed by atoms with Crippen molar-refractivity contribution in [1.82, 2.24) is 4.90 Å². The standard InChI is InChI=1S/C13H23N/c1-4-6-11-14(3)13-9-7-12(5-2)8-10-13/h7,9H,4-6,8,10-11H2,1-3H3. The van der Waals surface area contributed by atoms with Crippen LogP contribution < -0.4 is 0 Å². The van der Waals surface area contributed by atoms with Crippen molar-refractivity contribution in [3.63, 3.8) is 0 Å². The van der Waals surface area contributed by atoms with Gasteiger partial charge in [-0.1, -0.05) is 31.9 Å². The Bertz CT molecular complexity index is 225. The Hall–Kier alpha value is -0.720. The molecule has 14 heavy (non-hydrogen) atoms. The highest BCUT2D eigenvalue weighted by Crippen LogP contribution is 2.22. The minimum atomic E-state index is 1.21. The maximum Gasteiger partial charge on any atom is 0.0171 e. The van der Waals surface area contributed by atoms with Gasteiger partial charge in [-0.25, -0.2) is 0 Å². The van der Waals surface area contributed by atoms with Crippen LogP contribution in [0.2, 0.25) is 0 Å². The van der Waals surface area contributed by atoms with Gasteiger partial charge in [0, 0.05) is 19.3 Å². The molecule has 0 aromatic rings. The number of hydrogen-bond donors (Lipinski definition) is 0. The second-order valence-corrected chi connectivity index (χ2v) is 4.11. The average molecular weight is 193 g/mol. The average Bonchev–Trinajstić information content (AvgIpc) is 2.26. The molecule has 0 radical (unpaired) electrons. The molecule has 0 saturated carbocycles. The quantitative estimate of drug-likeness (QED) is 0.643. The number of nitrogens with zero attached hydrogens (tertiary/aromatic N) is 1. The lowest BCUT2D eigenvalue weighted by Crippen LogP contribution is -2.20. The molecule has 0 spiro atoms. The molecule has 1 rings (SSSR count). The van der Waals surface area contributed by atoms with Crippen LogP contribution in [0, 0.1) is 0 Å². The molecule has 0 aromatic carbocycles. The van der Waals surface area contributed by atoms with E-state index in [2.05, 4.69) is 37.9 Å². The van der Waals surface area contributed by atoms with Crippen LogP contribution in [-0.2, 0) is 0 Å². The highest BCUT2D eigenvalue weighted by molar-refractivity contribution is 5.22. The van der Waals surface area contributed by atoms with E-state index in [9.17, 15) is 0 Å². The van der Waals surface area contributed by atoms with Gasteiger partial charge in [0.25, 0.3) is 0 Å². The third kappa shape index (κ3) is 3.21. The van der Waals surface area contributed by atoms with Crippen molar-refractivity contribution in [2.75, 3.05) is 13.6 Å². The second kappa shape index (κ2) is 5.90. The first-order chi connectivity index (χ1) is 6.77. The highest BCUT2D eigenvalue weighted by Gasteiger charge is 2.08. The first-order valence-corrected chi connectivity index (χ1v) is 5.87. The van der Waals surface area contributed by atoms with E-state index in [0.717, 1.165) is 0 Å². The third-order valence-corrected chi connectivity index (χ3v) is 3.01. The van der Waals surface area contributed by atoms with E-state index in [0.29, 0.717) is 0 Å². The Morgan fingerprint density at radius 3 is 2.50 bits per heavy atom. The fourth-order valence-electron chi connectivity index (χ4n) is 1.82. The summed E-state index contributed by atoms with van der Waals surface area (Å²) in [6, 6.07) is 0. The Labute approximate surface area is 88.5 Å². The van der Waals surface area contributed by atoms with Crippen molar-refractivity contribution in [1.29, 1.82) is 0 Å². The van der Waals surface area contributed by atoms with Crippen LogP contribution in [0.1, 0.15) is 46.0 Å². The van der Waals surface area contributed by atoms with Gasteiger partial charge in [-0.15, -0.1) is 0 Å². The Morgan fingerprint density at radius 2 is 2.00 bits per heavy atom. The van der Waals surface area contributed by atoms with Gasteiger partial charge in [0.05, 0.1) is 0 Å². The molecular weight excluding hydrogens is 170 g/mol. The predicted octanol–water partition coefficient (Wildman–Crippen LogP) is 3.73. The molecule has 1 aliphatic rings. The number of hydrogen-bond acceptors (Lipinski definition) is 1. The molecule has 0 atom stereocenters. The monoisotopic (exact) mass is 193 g/mol. The predicted molar refractivity (Wildman–Crippen MR) is 63.2 cm³/mol. The van der Waals surface area contributed by atoms with Crippen molar-refractivity contribution < 1.29 is 0 Å². The van der Waals surface area contributed by atoms with E-state index in [1.54, 1.807) is 5.57 Å². The van der Waals surface area contributed by atoms with Gasteiger partial charge in [0.1, 0.15) is 0 Å². The van der Waals surface area contributed by atoms with Crippen LogP contribution in [-0.4, -0.2) is 18.5 Å². The van der Waals surface area contributed by atoms with Crippen LogP contribution in [0.5, 0.6) is 0 Å². The highest BCUT2D eigenvalue weighted by atomic mass is 15.1. The molecule has 0 aromatic heterocycles. The Kier molecular flexibility index (Phi) is 4.78. The normalized spacial score (nSPS) is 16.2. The molecule has 1 nitrogen and oxygen atoms in total. The largest absolute Gasteiger partial charge is 0.378 e. The first-order valence-electron chi connectivity index (χ1n) is 5.87. The summed E-state index contributed by atoms with van der Waals surface area (Å²) < 4.78 is 0. The smallest absolute Gasteiger partial charge is 0.0171 e. The Balaban J connectivity index is 2.45. The topological polar surface area (TPSA) is 3.24 Å².